The van der Waals surface area contributed by atoms with E-state index in [2.05, 4.69) is 84.9 Å². The van der Waals surface area contributed by atoms with Crippen molar-refractivity contribution >= 4 is 36.3 Å². The van der Waals surface area contributed by atoms with Gasteiger partial charge in [-0.25, -0.2) is 0 Å². The van der Waals surface area contributed by atoms with Gasteiger partial charge in [-0.05, 0) is 29.7 Å². The molecule has 35 heavy (non-hydrogen) atoms. The van der Waals surface area contributed by atoms with E-state index in [1.165, 1.54) is 16.2 Å². The molecule has 0 aliphatic heterocycles. The molecule has 0 bridgehead atoms. The van der Waals surface area contributed by atoms with Gasteiger partial charge in [-0.2, -0.15) is 0 Å². The zero-order valence-electron chi connectivity index (χ0n) is 19.6. The second kappa shape index (κ2) is 11.0. The van der Waals surface area contributed by atoms with Gasteiger partial charge in [0.25, 0.3) is 0 Å². The summed E-state index contributed by atoms with van der Waals surface area (Å²) in [5.74, 6) is 0. The van der Waals surface area contributed by atoms with Gasteiger partial charge in [-0.3, -0.25) is 0 Å². The molecule has 0 atom stereocenters. The van der Waals surface area contributed by atoms with Crippen LogP contribution in [0.1, 0.15) is 11.1 Å². The maximum atomic E-state index is 14.4. The lowest BCUT2D eigenvalue weighted by molar-refractivity contribution is 0.586. The Morgan fingerprint density at radius 2 is 0.829 bits per heavy atom. The molecule has 5 aromatic rings. The lowest BCUT2D eigenvalue weighted by atomic mass is 10.2. The van der Waals surface area contributed by atoms with Crippen molar-refractivity contribution in [2.45, 2.75) is 12.3 Å². The number of rotatable bonds is 8. The Kier molecular flexibility index (Phi) is 7.39. The fourth-order valence-corrected chi connectivity index (χ4v) is 9.41. The molecule has 0 aliphatic carbocycles. The number of hydrogen-bond acceptors (Lipinski definition) is 1. The summed E-state index contributed by atoms with van der Waals surface area (Å²) < 4.78 is 14.4. The van der Waals surface area contributed by atoms with E-state index in [9.17, 15) is 4.57 Å². The summed E-state index contributed by atoms with van der Waals surface area (Å²) in [7, 11) is -3.27. The first-order chi connectivity index (χ1) is 17.2. The average molecular weight is 491 g/mol. The smallest absolute Gasteiger partial charge is 0.147 e. The highest BCUT2D eigenvalue weighted by molar-refractivity contribution is 7.78. The Bertz CT molecular complexity index is 1300. The molecule has 172 valence electrons. The lowest BCUT2D eigenvalue weighted by Crippen LogP contribution is -2.17. The van der Waals surface area contributed by atoms with Gasteiger partial charge in [0.05, 0.1) is 0 Å². The van der Waals surface area contributed by atoms with Crippen LogP contribution < -0.4 is 21.2 Å². The first-order valence-corrected chi connectivity index (χ1v) is 15.3. The zero-order valence-corrected chi connectivity index (χ0v) is 21.4. The second-order valence-electron chi connectivity index (χ2n) is 8.64. The predicted octanol–water partition coefficient (Wildman–Crippen LogP) is 6.83. The van der Waals surface area contributed by atoms with Crippen LogP contribution in [-0.2, 0) is 16.9 Å². The van der Waals surface area contributed by atoms with E-state index in [-0.39, 0.29) is 0 Å². The molecule has 0 unspecified atom stereocenters. The quantitative estimate of drug-likeness (QED) is 0.218. The summed E-state index contributed by atoms with van der Waals surface area (Å²) >= 11 is 0. The van der Waals surface area contributed by atoms with E-state index >= 15 is 0 Å². The summed E-state index contributed by atoms with van der Waals surface area (Å²) in [5.41, 5.74) is 2.41. The largest absolute Gasteiger partial charge is 0.313 e. The molecule has 0 saturated heterocycles. The van der Waals surface area contributed by atoms with Crippen molar-refractivity contribution in [3.8, 4) is 0 Å². The van der Waals surface area contributed by atoms with Gasteiger partial charge in [0, 0.05) is 22.9 Å². The van der Waals surface area contributed by atoms with E-state index in [0.717, 1.165) is 22.3 Å². The molecule has 1 nitrogen and oxygen atoms in total. The molecule has 0 radical (unpaired) electrons. The summed E-state index contributed by atoms with van der Waals surface area (Å²) in [6.07, 6.45) is 1.51. The van der Waals surface area contributed by atoms with Gasteiger partial charge < -0.3 is 4.57 Å². The third kappa shape index (κ3) is 5.54. The molecule has 5 rings (SSSR count). The average Bonchev–Trinajstić information content (AvgIpc) is 2.94. The Morgan fingerprint density at radius 1 is 0.457 bits per heavy atom. The molecule has 0 spiro atoms. The Morgan fingerprint density at radius 3 is 1.26 bits per heavy atom. The first kappa shape index (κ1) is 23.5. The van der Waals surface area contributed by atoms with Crippen LogP contribution in [0.4, 0.5) is 0 Å². The van der Waals surface area contributed by atoms with Crippen molar-refractivity contribution in [2.75, 3.05) is 0 Å². The molecular formula is C32H28OP2. The van der Waals surface area contributed by atoms with Crippen LogP contribution >= 0.6 is 15.1 Å². The highest BCUT2D eigenvalue weighted by Crippen LogP contribution is 2.47. The molecular weight excluding hydrogens is 462 g/mol. The second-order valence-corrected chi connectivity index (χ2v) is 13.7. The van der Waals surface area contributed by atoms with Crippen molar-refractivity contribution in [2.24, 2.45) is 0 Å². The zero-order chi connectivity index (χ0) is 23.9. The molecule has 5 aromatic carbocycles. The number of hydrogen-bond donors (Lipinski definition) is 0. The highest BCUT2D eigenvalue weighted by Gasteiger charge is 2.27. The van der Waals surface area contributed by atoms with Crippen LogP contribution in [0, 0.1) is 0 Å². The fourth-order valence-electron chi connectivity index (χ4n) is 4.41. The van der Waals surface area contributed by atoms with Gasteiger partial charge in [-0.15, -0.1) is 0 Å². The van der Waals surface area contributed by atoms with Crippen LogP contribution in [0.2, 0.25) is 0 Å². The standard InChI is InChI=1S/C32H28OP2/c33-35(31-17-9-3-10-18-31,32-19-11-4-12-20-32)26-28-23-21-27(22-24-28)25-34(29-13-5-1-6-14-29)30-15-7-2-8-16-30/h1-24H,25-26H2. The maximum absolute atomic E-state index is 14.4. The first-order valence-electron chi connectivity index (χ1n) is 11.9. The molecule has 0 heterocycles. The monoisotopic (exact) mass is 490 g/mol. The van der Waals surface area contributed by atoms with E-state index < -0.39 is 15.1 Å². The predicted molar refractivity (Wildman–Crippen MR) is 153 cm³/mol. The van der Waals surface area contributed by atoms with Crippen molar-refractivity contribution in [3.05, 3.63) is 157 Å². The van der Waals surface area contributed by atoms with Crippen molar-refractivity contribution in [3.63, 3.8) is 0 Å². The van der Waals surface area contributed by atoms with Crippen LogP contribution in [0.5, 0.6) is 0 Å². The summed E-state index contributed by atoms with van der Waals surface area (Å²) in [6, 6.07) is 50.2. The molecule has 0 amide bonds. The van der Waals surface area contributed by atoms with Gasteiger partial charge in [0.1, 0.15) is 7.14 Å². The van der Waals surface area contributed by atoms with Crippen LogP contribution in [0.25, 0.3) is 0 Å². The molecule has 3 heteroatoms. The topological polar surface area (TPSA) is 17.1 Å². The molecule has 0 aromatic heterocycles. The van der Waals surface area contributed by atoms with Crippen LogP contribution in [0.3, 0.4) is 0 Å². The van der Waals surface area contributed by atoms with Crippen molar-refractivity contribution in [1.29, 1.82) is 0 Å². The maximum Gasteiger partial charge on any atom is 0.147 e. The minimum atomic E-state index is -2.78. The fraction of sp³-hybridized carbons (Fsp3) is 0.0625. The third-order valence-corrected chi connectivity index (χ3v) is 11.9. The van der Waals surface area contributed by atoms with Crippen LogP contribution in [0.15, 0.2) is 146 Å². The van der Waals surface area contributed by atoms with E-state index in [0.29, 0.717) is 6.16 Å². The number of benzene rings is 5. The highest BCUT2D eigenvalue weighted by atomic mass is 31.2. The van der Waals surface area contributed by atoms with Gasteiger partial charge in [0.15, 0.2) is 0 Å². The molecule has 0 fully saturated rings. The molecule has 0 N–H and O–H groups in total. The van der Waals surface area contributed by atoms with E-state index in [4.69, 9.17) is 0 Å². The normalized spacial score (nSPS) is 11.5. The Balaban J connectivity index is 1.42. The van der Waals surface area contributed by atoms with Crippen molar-refractivity contribution in [1.82, 2.24) is 0 Å². The summed E-state index contributed by atoms with van der Waals surface area (Å²) in [6.45, 7) is 0. The Labute approximate surface area is 209 Å². The minimum absolute atomic E-state index is 0.491. The third-order valence-electron chi connectivity index (χ3n) is 6.25. The minimum Gasteiger partial charge on any atom is -0.313 e. The van der Waals surface area contributed by atoms with Crippen LogP contribution in [-0.4, -0.2) is 0 Å². The van der Waals surface area contributed by atoms with Gasteiger partial charge >= 0.3 is 0 Å². The van der Waals surface area contributed by atoms with E-state index in [1.807, 2.05) is 60.7 Å². The lowest BCUT2D eigenvalue weighted by Gasteiger charge is -2.21. The summed E-state index contributed by atoms with van der Waals surface area (Å²) in [5, 5.41) is 4.59. The molecule has 0 saturated carbocycles. The SMILES string of the molecule is O=P(Cc1ccc(CP(c2ccccc2)c2ccccc2)cc1)(c1ccccc1)c1ccccc1. The van der Waals surface area contributed by atoms with E-state index in [1.54, 1.807) is 0 Å². The van der Waals surface area contributed by atoms with Gasteiger partial charge in [0.2, 0.25) is 0 Å². The Hall–Kier alpha value is -3.24. The summed E-state index contributed by atoms with van der Waals surface area (Å²) in [4.78, 5) is 0. The van der Waals surface area contributed by atoms with Gasteiger partial charge in [-0.1, -0.05) is 146 Å². The molecule has 0 aliphatic rings. The van der Waals surface area contributed by atoms with Crippen molar-refractivity contribution < 1.29 is 4.57 Å².